The predicted octanol–water partition coefficient (Wildman–Crippen LogP) is 3.19. The number of thioether (sulfide) groups is 1. The van der Waals surface area contributed by atoms with Crippen LogP contribution in [0.4, 0.5) is 0 Å². The largest absolute Gasteiger partial charge is 0.355 e. The second-order valence-corrected chi connectivity index (χ2v) is 7.90. The van der Waals surface area contributed by atoms with E-state index >= 15 is 0 Å². The van der Waals surface area contributed by atoms with Gasteiger partial charge in [-0.25, -0.2) is 14.5 Å². The number of carbonyl (C=O) groups is 1. The lowest BCUT2D eigenvalue weighted by Crippen LogP contribution is -2.27. The maximum Gasteiger partial charge on any atom is 0.266 e. The molecule has 2 aromatic carbocycles. The number of benzene rings is 2. The van der Waals surface area contributed by atoms with E-state index in [1.807, 2.05) is 42.5 Å². The summed E-state index contributed by atoms with van der Waals surface area (Å²) < 4.78 is 1.49. The van der Waals surface area contributed by atoms with Crippen molar-refractivity contribution in [2.75, 3.05) is 12.3 Å². The molecule has 1 amide bonds. The predicted molar refractivity (Wildman–Crippen MR) is 118 cm³/mol. The zero-order chi connectivity index (χ0) is 20.9. The quantitative estimate of drug-likeness (QED) is 0.431. The Labute approximate surface area is 181 Å². The third-order valence-electron chi connectivity index (χ3n) is 4.34. The van der Waals surface area contributed by atoms with Gasteiger partial charge >= 0.3 is 0 Å². The van der Waals surface area contributed by atoms with E-state index in [2.05, 4.69) is 20.4 Å². The third-order valence-corrected chi connectivity index (χ3v) is 5.53. The number of rotatable bonds is 7. The maximum atomic E-state index is 12.3. The van der Waals surface area contributed by atoms with E-state index in [9.17, 15) is 9.59 Å². The molecule has 0 aliphatic heterocycles. The van der Waals surface area contributed by atoms with Crippen LogP contribution in [0.15, 0.2) is 70.6 Å². The first-order valence-electron chi connectivity index (χ1n) is 9.28. The highest BCUT2D eigenvalue weighted by Crippen LogP contribution is 2.22. The van der Waals surface area contributed by atoms with Crippen molar-refractivity contribution in [3.8, 4) is 11.4 Å². The number of amides is 1. The standard InChI is InChI=1S/C21H18ClN5O2S/c22-16-8-6-15(7-9-16)20-24-17-12-18(28)26-27(17)21(25-20)30-13-19(29)23-11-10-14-4-2-1-3-5-14/h1-9,12H,10-11,13H2,(H,23,29)(H,26,28). The lowest BCUT2D eigenvalue weighted by Gasteiger charge is -2.08. The van der Waals surface area contributed by atoms with E-state index in [-0.39, 0.29) is 17.2 Å². The lowest BCUT2D eigenvalue weighted by atomic mass is 10.1. The summed E-state index contributed by atoms with van der Waals surface area (Å²) in [5.41, 5.74) is 2.09. The van der Waals surface area contributed by atoms with Gasteiger partial charge in [0.05, 0.1) is 5.75 Å². The van der Waals surface area contributed by atoms with E-state index in [1.165, 1.54) is 27.9 Å². The van der Waals surface area contributed by atoms with Crippen LogP contribution in [0.25, 0.3) is 17.0 Å². The van der Waals surface area contributed by atoms with Crippen LogP contribution in [0.1, 0.15) is 5.56 Å². The molecular formula is C21H18ClN5O2S. The van der Waals surface area contributed by atoms with Crippen molar-refractivity contribution in [2.45, 2.75) is 11.6 Å². The number of nitrogens with one attached hydrogen (secondary N) is 2. The average molecular weight is 440 g/mol. The molecule has 0 aliphatic carbocycles. The molecule has 9 heteroatoms. The summed E-state index contributed by atoms with van der Waals surface area (Å²) in [6.45, 7) is 0.555. The van der Waals surface area contributed by atoms with Gasteiger partial charge in [0.25, 0.3) is 5.56 Å². The van der Waals surface area contributed by atoms with E-state index in [4.69, 9.17) is 11.6 Å². The highest BCUT2D eigenvalue weighted by molar-refractivity contribution is 7.99. The number of hydrogen-bond donors (Lipinski definition) is 2. The number of aromatic nitrogens is 4. The summed E-state index contributed by atoms with van der Waals surface area (Å²) in [7, 11) is 0. The number of halogens is 1. The summed E-state index contributed by atoms with van der Waals surface area (Å²) in [4.78, 5) is 33.0. The van der Waals surface area contributed by atoms with Gasteiger partial charge in [0.1, 0.15) is 0 Å². The van der Waals surface area contributed by atoms with Gasteiger partial charge in [0.2, 0.25) is 5.91 Å². The van der Waals surface area contributed by atoms with Crippen LogP contribution in [-0.4, -0.2) is 37.8 Å². The smallest absolute Gasteiger partial charge is 0.266 e. The molecule has 152 valence electrons. The number of nitrogens with zero attached hydrogens (tertiary/aromatic N) is 3. The first-order chi connectivity index (χ1) is 14.6. The fraction of sp³-hybridized carbons (Fsp3) is 0.143. The Balaban J connectivity index is 1.46. The Morgan fingerprint density at radius 2 is 1.87 bits per heavy atom. The van der Waals surface area contributed by atoms with Crippen LogP contribution in [0.2, 0.25) is 5.02 Å². The molecule has 0 bridgehead atoms. The van der Waals surface area contributed by atoms with Gasteiger partial charge in [-0.05, 0) is 36.2 Å². The normalized spacial score (nSPS) is 11.0. The van der Waals surface area contributed by atoms with E-state index in [0.717, 1.165) is 12.0 Å². The van der Waals surface area contributed by atoms with Crippen LogP contribution in [0.3, 0.4) is 0 Å². The van der Waals surface area contributed by atoms with Crippen molar-refractivity contribution in [2.24, 2.45) is 0 Å². The fourth-order valence-electron chi connectivity index (χ4n) is 2.88. The first-order valence-corrected chi connectivity index (χ1v) is 10.6. The highest BCUT2D eigenvalue weighted by Gasteiger charge is 2.13. The molecule has 2 N–H and O–H groups in total. The second-order valence-electron chi connectivity index (χ2n) is 6.52. The van der Waals surface area contributed by atoms with Gasteiger partial charge in [0, 0.05) is 23.2 Å². The average Bonchev–Trinajstić information content (AvgIpc) is 3.13. The van der Waals surface area contributed by atoms with Crippen molar-refractivity contribution < 1.29 is 4.79 Å². The Kier molecular flexibility index (Phi) is 6.15. The number of carbonyl (C=O) groups excluding carboxylic acids is 1. The Morgan fingerprint density at radius 1 is 1.10 bits per heavy atom. The van der Waals surface area contributed by atoms with Crippen molar-refractivity contribution in [3.63, 3.8) is 0 Å². The zero-order valence-corrected chi connectivity index (χ0v) is 17.4. The Bertz CT molecular complexity index is 1220. The van der Waals surface area contributed by atoms with Gasteiger partial charge in [-0.1, -0.05) is 53.7 Å². The second kappa shape index (κ2) is 9.15. The van der Waals surface area contributed by atoms with Crippen LogP contribution in [0.5, 0.6) is 0 Å². The third kappa shape index (κ3) is 4.90. The zero-order valence-electron chi connectivity index (χ0n) is 15.8. The molecule has 0 saturated heterocycles. The Hall–Kier alpha value is -3.10. The SMILES string of the molecule is O=C(CSc1nc(-c2ccc(Cl)cc2)nc2cc(=O)[nH]n12)NCCc1ccccc1. The molecule has 0 saturated carbocycles. The summed E-state index contributed by atoms with van der Waals surface area (Å²) in [6, 6.07) is 18.5. The minimum absolute atomic E-state index is 0.106. The molecule has 4 aromatic rings. The molecule has 0 aliphatic rings. The van der Waals surface area contributed by atoms with Crippen LogP contribution in [0, 0.1) is 0 Å². The monoisotopic (exact) mass is 439 g/mol. The molecule has 7 nitrogen and oxygen atoms in total. The van der Waals surface area contributed by atoms with Gasteiger partial charge < -0.3 is 5.32 Å². The molecule has 0 radical (unpaired) electrons. The van der Waals surface area contributed by atoms with Crippen molar-refractivity contribution >= 4 is 34.9 Å². The number of fused-ring (bicyclic) bond motifs is 1. The molecule has 0 unspecified atom stereocenters. The molecule has 4 rings (SSSR count). The molecule has 0 spiro atoms. The van der Waals surface area contributed by atoms with Gasteiger partial charge in [0.15, 0.2) is 16.6 Å². The number of H-pyrrole nitrogens is 1. The summed E-state index contributed by atoms with van der Waals surface area (Å²) in [5, 5.41) is 6.66. The molecule has 2 heterocycles. The molecule has 2 aromatic heterocycles. The topological polar surface area (TPSA) is 92.2 Å². The maximum absolute atomic E-state index is 12.3. The van der Waals surface area contributed by atoms with Crippen molar-refractivity contribution in [1.82, 2.24) is 24.9 Å². The molecule has 0 fully saturated rings. The van der Waals surface area contributed by atoms with Crippen LogP contribution >= 0.6 is 23.4 Å². The van der Waals surface area contributed by atoms with Crippen molar-refractivity contribution in [1.29, 1.82) is 0 Å². The first kappa shape index (κ1) is 20.2. The van der Waals surface area contributed by atoms with Gasteiger partial charge in [-0.2, -0.15) is 0 Å². The molecule has 30 heavy (non-hydrogen) atoms. The minimum Gasteiger partial charge on any atom is -0.355 e. The minimum atomic E-state index is -0.285. The van der Waals surface area contributed by atoms with Gasteiger partial charge in [-0.15, -0.1) is 0 Å². The van der Waals surface area contributed by atoms with E-state index in [0.29, 0.717) is 28.2 Å². The fourth-order valence-corrected chi connectivity index (χ4v) is 3.79. The molecule has 0 atom stereocenters. The number of hydrogen-bond acceptors (Lipinski definition) is 5. The molecular weight excluding hydrogens is 422 g/mol. The van der Waals surface area contributed by atoms with Crippen LogP contribution < -0.4 is 10.9 Å². The Morgan fingerprint density at radius 3 is 2.63 bits per heavy atom. The van der Waals surface area contributed by atoms with E-state index < -0.39 is 0 Å². The summed E-state index contributed by atoms with van der Waals surface area (Å²) >= 11 is 7.19. The summed E-state index contributed by atoms with van der Waals surface area (Å²) in [6.07, 6.45) is 0.765. The number of aromatic amines is 1. The summed E-state index contributed by atoms with van der Waals surface area (Å²) in [5.74, 6) is 0.518. The van der Waals surface area contributed by atoms with Crippen LogP contribution in [-0.2, 0) is 11.2 Å². The van der Waals surface area contributed by atoms with Gasteiger partial charge in [-0.3, -0.25) is 14.7 Å². The van der Waals surface area contributed by atoms with E-state index in [1.54, 1.807) is 12.1 Å². The lowest BCUT2D eigenvalue weighted by molar-refractivity contribution is -0.118. The highest BCUT2D eigenvalue weighted by atomic mass is 35.5. The van der Waals surface area contributed by atoms with Crippen molar-refractivity contribution in [3.05, 3.63) is 81.6 Å².